The molecule has 0 N–H and O–H groups in total. The zero-order chi connectivity index (χ0) is 26.0. The van der Waals surface area contributed by atoms with Gasteiger partial charge in [-0.05, 0) is 110 Å². The summed E-state index contributed by atoms with van der Waals surface area (Å²) in [5, 5.41) is 0. The number of hydrogen-bond acceptors (Lipinski definition) is 4. The third-order valence-corrected chi connectivity index (χ3v) is 7.81. The van der Waals surface area contributed by atoms with Gasteiger partial charge < -0.3 is 9.47 Å². The van der Waals surface area contributed by atoms with Crippen LogP contribution in [0.15, 0.2) is 78.9 Å². The topological polar surface area (TPSA) is 24.9 Å². The fourth-order valence-corrected chi connectivity index (χ4v) is 5.71. The Hall–Kier alpha value is -3.08. The maximum atomic E-state index is 6.09. The average molecular weight is 511 g/mol. The molecule has 2 saturated heterocycles. The van der Waals surface area contributed by atoms with Crippen LogP contribution in [-0.4, -0.2) is 62.3 Å². The van der Waals surface area contributed by atoms with Crippen LogP contribution in [0.2, 0.25) is 0 Å². The Morgan fingerprint density at radius 3 is 1.45 bits per heavy atom. The standard InChI is InChI=1S/C34H42N2O2/c1-2-33(28-10-4-3-5-11-28)34(29-12-16-31(17-13-29)37-26-24-35-20-6-7-21-35)30-14-18-32(19-15-30)38-27-25-36-22-8-9-23-36/h3-5,10-19H,2,6-9,20-27H2,1H3. The molecular weight excluding hydrogens is 468 g/mol. The Bertz CT molecular complexity index is 1080. The van der Waals surface area contributed by atoms with E-state index in [0.29, 0.717) is 0 Å². The lowest BCUT2D eigenvalue weighted by molar-refractivity contribution is 0.237. The first-order valence-electron chi connectivity index (χ1n) is 14.5. The van der Waals surface area contributed by atoms with Gasteiger partial charge in [-0.1, -0.05) is 61.5 Å². The molecular formula is C34H42N2O2. The van der Waals surface area contributed by atoms with Crippen LogP contribution in [-0.2, 0) is 0 Å². The molecule has 2 aliphatic rings. The summed E-state index contributed by atoms with van der Waals surface area (Å²) in [4.78, 5) is 4.98. The highest BCUT2D eigenvalue weighted by Crippen LogP contribution is 2.35. The monoisotopic (exact) mass is 510 g/mol. The quantitative estimate of drug-likeness (QED) is 0.245. The van der Waals surface area contributed by atoms with Crippen molar-refractivity contribution in [3.63, 3.8) is 0 Å². The molecule has 0 radical (unpaired) electrons. The second kappa shape index (κ2) is 13.6. The molecule has 5 rings (SSSR count). The summed E-state index contributed by atoms with van der Waals surface area (Å²) in [6.45, 7) is 10.6. The van der Waals surface area contributed by atoms with Crippen LogP contribution < -0.4 is 9.47 Å². The minimum absolute atomic E-state index is 0.742. The van der Waals surface area contributed by atoms with Gasteiger partial charge in [0, 0.05) is 13.1 Å². The van der Waals surface area contributed by atoms with Crippen LogP contribution in [0.1, 0.15) is 55.7 Å². The molecule has 4 nitrogen and oxygen atoms in total. The molecule has 3 aromatic carbocycles. The van der Waals surface area contributed by atoms with Gasteiger partial charge in [0.2, 0.25) is 0 Å². The number of likely N-dealkylation sites (tertiary alicyclic amines) is 2. The molecule has 200 valence electrons. The lowest BCUT2D eigenvalue weighted by Gasteiger charge is -2.18. The SMILES string of the molecule is CCC(=C(c1ccc(OCCN2CCCC2)cc1)c1ccc(OCCN2CCCC2)cc1)c1ccccc1. The van der Waals surface area contributed by atoms with E-state index in [1.165, 1.54) is 79.7 Å². The first-order chi connectivity index (χ1) is 18.8. The molecule has 0 unspecified atom stereocenters. The Balaban J connectivity index is 1.33. The molecule has 0 atom stereocenters. The van der Waals surface area contributed by atoms with E-state index >= 15 is 0 Å². The van der Waals surface area contributed by atoms with Crippen molar-refractivity contribution in [1.29, 1.82) is 0 Å². The van der Waals surface area contributed by atoms with Gasteiger partial charge in [-0.15, -0.1) is 0 Å². The lowest BCUT2D eigenvalue weighted by Crippen LogP contribution is -2.25. The van der Waals surface area contributed by atoms with Crippen molar-refractivity contribution >= 4 is 11.1 Å². The van der Waals surface area contributed by atoms with Crippen LogP contribution in [0.25, 0.3) is 11.1 Å². The summed E-state index contributed by atoms with van der Waals surface area (Å²) in [7, 11) is 0. The molecule has 3 aromatic rings. The van der Waals surface area contributed by atoms with E-state index in [2.05, 4.69) is 95.6 Å². The smallest absolute Gasteiger partial charge is 0.119 e. The summed E-state index contributed by atoms with van der Waals surface area (Å²) in [5.41, 5.74) is 6.30. The van der Waals surface area contributed by atoms with E-state index in [0.717, 1.165) is 44.2 Å². The van der Waals surface area contributed by atoms with Crippen molar-refractivity contribution in [2.24, 2.45) is 0 Å². The van der Waals surface area contributed by atoms with Gasteiger partial charge in [-0.25, -0.2) is 0 Å². The highest BCUT2D eigenvalue weighted by molar-refractivity contribution is 5.98. The molecule has 38 heavy (non-hydrogen) atoms. The van der Waals surface area contributed by atoms with Crippen LogP contribution >= 0.6 is 0 Å². The van der Waals surface area contributed by atoms with Crippen molar-refractivity contribution in [1.82, 2.24) is 9.80 Å². The van der Waals surface area contributed by atoms with E-state index in [4.69, 9.17) is 9.47 Å². The number of nitrogens with zero attached hydrogens (tertiary/aromatic N) is 2. The fourth-order valence-electron chi connectivity index (χ4n) is 5.71. The van der Waals surface area contributed by atoms with E-state index in [-0.39, 0.29) is 0 Å². The molecule has 0 amide bonds. The molecule has 2 fully saturated rings. The van der Waals surface area contributed by atoms with Crippen molar-refractivity contribution < 1.29 is 9.47 Å². The lowest BCUT2D eigenvalue weighted by atomic mass is 9.88. The minimum Gasteiger partial charge on any atom is -0.492 e. The predicted octanol–water partition coefficient (Wildman–Crippen LogP) is 7.00. The third kappa shape index (κ3) is 7.06. The highest BCUT2D eigenvalue weighted by atomic mass is 16.5. The second-order valence-corrected chi connectivity index (χ2v) is 10.4. The zero-order valence-electron chi connectivity index (χ0n) is 22.9. The average Bonchev–Trinajstić information content (AvgIpc) is 3.68. The fraction of sp³-hybridized carbons (Fsp3) is 0.412. The van der Waals surface area contributed by atoms with Gasteiger partial charge in [-0.3, -0.25) is 9.80 Å². The first kappa shape index (κ1) is 26.5. The van der Waals surface area contributed by atoms with Gasteiger partial charge >= 0.3 is 0 Å². The first-order valence-corrected chi connectivity index (χ1v) is 14.5. The van der Waals surface area contributed by atoms with Crippen molar-refractivity contribution in [2.45, 2.75) is 39.0 Å². The largest absolute Gasteiger partial charge is 0.492 e. The minimum atomic E-state index is 0.742. The van der Waals surface area contributed by atoms with Crippen molar-refractivity contribution in [3.8, 4) is 11.5 Å². The zero-order valence-corrected chi connectivity index (χ0v) is 22.9. The molecule has 2 aliphatic heterocycles. The van der Waals surface area contributed by atoms with Crippen molar-refractivity contribution in [2.75, 3.05) is 52.5 Å². The van der Waals surface area contributed by atoms with Crippen LogP contribution in [0.3, 0.4) is 0 Å². The number of benzene rings is 3. The summed E-state index contributed by atoms with van der Waals surface area (Å²) >= 11 is 0. The number of rotatable bonds is 12. The second-order valence-electron chi connectivity index (χ2n) is 10.4. The summed E-state index contributed by atoms with van der Waals surface area (Å²) in [6, 6.07) is 28.1. The van der Waals surface area contributed by atoms with Crippen molar-refractivity contribution in [3.05, 3.63) is 95.6 Å². The van der Waals surface area contributed by atoms with E-state index in [1.54, 1.807) is 0 Å². The number of ether oxygens (including phenoxy) is 2. The maximum absolute atomic E-state index is 6.09. The molecule has 0 spiro atoms. The molecule has 0 bridgehead atoms. The molecule has 0 aromatic heterocycles. The number of allylic oxidation sites excluding steroid dienone is 1. The molecule has 0 aliphatic carbocycles. The Morgan fingerprint density at radius 2 is 1.03 bits per heavy atom. The number of hydrogen-bond donors (Lipinski definition) is 0. The van der Waals surface area contributed by atoms with E-state index in [9.17, 15) is 0 Å². The van der Waals surface area contributed by atoms with Gasteiger partial charge in [0.25, 0.3) is 0 Å². The van der Waals surface area contributed by atoms with E-state index < -0.39 is 0 Å². The van der Waals surface area contributed by atoms with E-state index in [1.807, 2.05) is 0 Å². The Morgan fingerprint density at radius 1 is 0.579 bits per heavy atom. The Kier molecular flexibility index (Phi) is 9.52. The summed E-state index contributed by atoms with van der Waals surface area (Å²) in [6.07, 6.45) is 6.21. The van der Waals surface area contributed by atoms with Gasteiger partial charge in [0.05, 0.1) is 0 Å². The van der Waals surface area contributed by atoms with Crippen LogP contribution in [0, 0.1) is 0 Å². The van der Waals surface area contributed by atoms with Gasteiger partial charge in [0.15, 0.2) is 0 Å². The highest BCUT2D eigenvalue weighted by Gasteiger charge is 2.15. The maximum Gasteiger partial charge on any atom is 0.119 e. The van der Waals surface area contributed by atoms with Crippen LogP contribution in [0.5, 0.6) is 11.5 Å². The summed E-state index contributed by atoms with van der Waals surface area (Å²) < 4.78 is 12.2. The van der Waals surface area contributed by atoms with Gasteiger partial charge in [0.1, 0.15) is 24.7 Å². The summed E-state index contributed by atoms with van der Waals surface area (Å²) in [5.74, 6) is 1.87. The van der Waals surface area contributed by atoms with Gasteiger partial charge in [-0.2, -0.15) is 0 Å². The molecule has 2 heterocycles. The predicted molar refractivity (Wildman–Crippen MR) is 158 cm³/mol. The Labute approximate surface area is 228 Å². The third-order valence-electron chi connectivity index (χ3n) is 7.81. The van der Waals surface area contributed by atoms with Crippen LogP contribution in [0.4, 0.5) is 0 Å². The molecule has 4 heteroatoms. The molecule has 0 saturated carbocycles. The normalized spacial score (nSPS) is 16.0.